The number of imidazole rings is 1. The second kappa shape index (κ2) is 6.17. The predicted molar refractivity (Wildman–Crippen MR) is 86.6 cm³/mol. The lowest BCUT2D eigenvalue weighted by molar-refractivity contribution is -0.116. The van der Waals surface area contributed by atoms with E-state index in [2.05, 4.69) is 25.9 Å². The van der Waals surface area contributed by atoms with Crippen LogP contribution in [0.25, 0.3) is 11.3 Å². The minimum atomic E-state index is -0.226. The minimum absolute atomic E-state index is 0.0316. The number of carbonyl (C=O) groups excluding carboxylic acids is 1. The number of hydrogen-bond donors (Lipinski definition) is 5. The van der Waals surface area contributed by atoms with Crippen molar-refractivity contribution in [1.29, 1.82) is 0 Å². The number of nitrogens with two attached hydrogens (primary N) is 1. The first kappa shape index (κ1) is 14.6. The van der Waals surface area contributed by atoms with E-state index >= 15 is 0 Å². The quantitative estimate of drug-likeness (QED) is 0.541. The van der Waals surface area contributed by atoms with Crippen LogP contribution in [-0.4, -0.2) is 36.0 Å². The molecule has 1 atom stereocenters. The number of hydrogen-bond acceptors (Lipinski definition) is 5. The first-order valence-corrected chi connectivity index (χ1v) is 7.30. The second-order valence-corrected chi connectivity index (χ2v) is 5.30. The number of aromatic nitrogens is 2. The smallest absolute Gasteiger partial charge is 0.225 e. The van der Waals surface area contributed by atoms with Crippen LogP contribution in [-0.2, 0) is 4.79 Å². The first-order chi connectivity index (χ1) is 10.7. The number of carbonyl (C=O) groups is 1. The van der Waals surface area contributed by atoms with Crippen molar-refractivity contribution in [3.05, 3.63) is 30.2 Å². The molecule has 0 saturated carbocycles. The number of anilines is 2. The van der Waals surface area contributed by atoms with Gasteiger partial charge in [0.25, 0.3) is 0 Å². The number of fused-ring (bicyclic) bond motifs is 4. The first-order valence-electron chi connectivity index (χ1n) is 7.30. The summed E-state index contributed by atoms with van der Waals surface area (Å²) in [5.41, 5.74) is 9.51. The molecule has 22 heavy (non-hydrogen) atoms. The molecule has 1 aromatic carbocycles. The Morgan fingerprint density at radius 2 is 2.27 bits per heavy atom. The maximum atomic E-state index is 12.1. The van der Waals surface area contributed by atoms with Crippen molar-refractivity contribution in [1.82, 2.24) is 15.3 Å². The molecule has 6 N–H and O–H groups in total. The zero-order chi connectivity index (χ0) is 15.5. The van der Waals surface area contributed by atoms with E-state index in [4.69, 9.17) is 5.73 Å². The topological polar surface area (TPSA) is 108 Å². The lowest BCUT2D eigenvalue weighted by Crippen LogP contribution is -2.30. The highest BCUT2D eigenvalue weighted by atomic mass is 16.1. The normalized spacial score (nSPS) is 18.6. The van der Waals surface area contributed by atoms with Crippen LogP contribution in [0.5, 0.6) is 0 Å². The second-order valence-electron chi connectivity index (χ2n) is 5.30. The summed E-state index contributed by atoms with van der Waals surface area (Å²) < 4.78 is 0. The summed E-state index contributed by atoms with van der Waals surface area (Å²) in [6.45, 7) is 1.15. The summed E-state index contributed by atoms with van der Waals surface area (Å²) in [5, 5.41) is 9.21. The van der Waals surface area contributed by atoms with Gasteiger partial charge in [-0.05, 0) is 18.2 Å². The van der Waals surface area contributed by atoms with Gasteiger partial charge in [-0.25, -0.2) is 4.98 Å². The van der Waals surface area contributed by atoms with E-state index in [9.17, 15) is 4.79 Å². The monoisotopic (exact) mass is 300 g/mol. The molecule has 0 aliphatic carbocycles. The summed E-state index contributed by atoms with van der Waals surface area (Å²) in [6, 6.07) is 5.59. The predicted octanol–water partition coefficient (Wildman–Crippen LogP) is 1.05. The Morgan fingerprint density at radius 1 is 1.41 bits per heavy atom. The molecule has 1 aliphatic rings. The van der Waals surface area contributed by atoms with Crippen LogP contribution in [0.1, 0.15) is 18.3 Å². The lowest BCUT2D eigenvalue weighted by Gasteiger charge is -2.15. The number of aromatic amines is 1. The van der Waals surface area contributed by atoms with Crippen LogP contribution < -0.4 is 21.7 Å². The highest BCUT2D eigenvalue weighted by Crippen LogP contribution is 2.30. The van der Waals surface area contributed by atoms with E-state index in [1.807, 2.05) is 25.2 Å². The van der Waals surface area contributed by atoms with Crippen molar-refractivity contribution in [2.75, 3.05) is 30.8 Å². The molecule has 0 fully saturated rings. The molecule has 1 aliphatic heterocycles. The Morgan fingerprint density at radius 3 is 3.09 bits per heavy atom. The van der Waals surface area contributed by atoms with Crippen molar-refractivity contribution in [2.24, 2.45) is 5.73 Å². The van der Waals surface area contributed by atoms with Crippen LogP contribution >= 0.6 is 0 Å². The highest BCUT2D eigenvalue weighted by Gasteiger charge is 2.16. The third-order valence-corrected chi connectivity index (χ3v) is 3.71. The number of H-pyrrole nitrogens is 1. The van der Waals surface area contributed by atoms with E-state index in [1.165, 1.54) is 0 Å². The Labute approximate surface area is 128 Å². The summed E-state index contributed by atoms with van der Waals surface area (Å²) in [5.74, 6) is 0.703. The molecule has 116 valence electrons. The summed E-state index contributed by atoms with van der Waals surface area (Å²) >= 11 is 0. The van der Waals surface area contributed by atoms with Crippen LogP contribution in [0.2, 0.25) is 0 Å². The summed E-state index contributed by atoms with van der Waals surface area (Å²) in [7, 11) is 1.84. The van der Waals surface area contributed by atoms with Gasteiger partial charge in [0.2, 0.25) is 5.91 Å². The molecule has 1 aromatic heterocycles. The van der Waals surface area contributed by atoms with Crippen molar-refractivity contribution >= 4 is 17.3 Å². The van der Waals surface area contributed by atoms with Gasteiger partial charge in [0.15, 0.2) is 0 Å². The standard InChI is InChI=1S/C15H20N6O/c1-17-9-2-3-10-12(6-9)20-14(22)4-5-18-7-11(16)15-19-8-13(10)21-15/h2-3,6,8,11,17-18H,4-5,7,16H2,1H3,(H,19,21)(H,20,22). The molecule has 7 nitrogen and oxygen atoms in total. The van der Waals surface area contributed by atoms with Gasteiger partial charge in [-0.15, -0.1) is 0 Å². The number of rotatable bonds is 1. The number of amides is 1. The number of benzene rings is 1. The van der Waals surface area contributed by atoms with Gasteiger partial charge >= 0.3 is 0 Å². The van der Waals surface area contributed by atoms with Crippen LogP contribution in [0.4, 0.5) is 11.4 Å². The molecule has 0 radical (unpaired) electrons. The minimum Gasteiger partial charge on any atom is -0.388 e. The van der Waals surface area contributed by atoms with Gasteiger partial charge in [-0.1, -0.05) is 0 Å². The van der Waals surface area contributed by atoms with Crippen molar-refractivity contribution in [3.8, 4) is 11.3 Å². The van der Waals surface area contributed by atoms with Gasteiger partial charge in [0, 0.05) is 37.8 Å². The van der Waals surface area contributed by atoms with Crippen LogP contribution in [0.15, 0.2) is 24.4 Å². The number of nitrogens with zero attached hydrogens (tertiary/aromatic N) is 1. The fourth-order valence-electron chi connectivity index (χ4n) is 2.47. The SMILES string of the molecule is CNc1ccc2c(c1)NC(=O)CCNCC(N)c1ncc-2[nH]1. The largest absolute Gasteiger partial charge is 0.388 e. The Bertz CT molecular complexity index is 680. The van der Waals surface area contributed by atoms with Gasteiger partial charge < -0.3 is 26.7 Å². The van der Waals surface area contributed by atoms with Gasteiger partial charge in [-0.2, -0.15) is 0 Å². The van der Waals surface area contributed by atoms with Gasteiger partial charge in [0.1, 0.15) is 5.82 Å². The molecule has 3 rings (SSSR count). The Hall–Kier alpha value is -2.38. The fourth-order valence-corrected chi connectivity index (χ4v) is 2.47. The van der Waals surface area contributed by atoms with Crippen molar-refractivity contribution in [2.45, 2.75) is 12.5 Å². The third-order valence-electron chi connectivity index (χ3n) is 3.71. The average molecular weight is 300 g/mol. The molecule has 0 spiro atoms. The molecule has 2 heterocycles. The lowest BCUT2D eigenvalue weighted by atomic mass is 10.1. The Kier molecular flexibility index (Phi) is 4.08. The molecular formula is C15H20N6O. The Balaban J connectivity index is 2.06. The molecule has 2 aromatic rings. The van der Waals surface area contributed by atoms with E-state index in [-0.39, 0.29) is 11.9 Å². The summed E-state index contributed by atoms with van der Waals surface area (Å²) in [6.07, 6.45) is 2.14. The van der Waals surface area contributed by atoms with Crippen molar-refractivity contribution < 1.29 is 4.79 Å². The van der Waals surface area contributed by atoms with Crippen LogP contribution in [0.3, 0.4) is 0 Å². The maximum absolute atomic E-state index is 12.1. The van der Waals surface area contributed by atoms with E-state index < -0.39 is 0 Å². The highest BCUT2D eigenvalue weighted by molar-refractivity contribution is 5.96. The third kappa shape index (κ3) is 2.95. The van der Waals surface area contributed by atoms with Gasteiger partial charge in [0.05, 0.1) is 23.6 Å². The summed E-state index contributed by atoms with van der Waals surface area (Å²) in [4.78, 5) is 19.7. The number of nitrogens with one attached hydrogen (secondary N) is 4. The molecule has 7 heteroatoms. The molecule has 1 unspecified atom stereocenters. The molecule has 2 bridgehead atoms. The van der Waals surface area contributed by atoms with Crippen LogP contribution in [0, 0.1) is 0 Å². The van der Waals surface area contributed by atoms with E-state index in [1.54, 1.807) is 6.20 Å². The zero-order valence-electron chi connectivity index (χ0n) is 12.4. The van der Waals surface area contributed by atoms with E-state index in [0.717, 1.165) is 28.5 Å². The fraction of sp³-hybridized carbons (Fsp3) is 0.333. The van der Waals surface area contributed by atoms with Gasteiger partial charge in [-0.3, -0.25) is 4.79 Å². The maximum Gasteiger partial charge on any atom is 0.225 e. The molecule has 1 amide bonds. The average Bonchev–Trinajstić information content (AvgIpc) is 3.00. The zero-order valence-corrected chi connectivity index (χ0v) is 12.4. The molecular weight excluding hydrogens is 280 g/mol. The molecule has 0 saturated heterocycles. The van der Waals surface area contributed by atoms with E-state index in [0.29, 0.717) is 19.5 Å². The van der Waals surface area contributed by atoms with Crippen molar-refractivity contribution in [3.63, 3.8) is 0 Å².